The summed E-state index contributed by atoms with van der Waals surface area (Å²) in [5.74, 6) is 0. The Morgan fingerprint density at radius 2 is 2.31 bits per heavy atom. The molecule has 1 aliphatic heterocycles. The summed E-state index contributed by atoms with van der Waals surface area (Å²) in [6.45, 7) is 8.86. The van der Waals surface area contributed by atoms with Crippen LogP contribution in [0.25, 0.3) is 0 Å². The number of nitrogens with zero attached hydrogens (tertiary/aromatic N) is 1. The minimum Gasteiger partial charge on any atom is -0.362 e. The van der Waals surface area contributed by atoms with Gasteiger partial charge in [-0.15, -0.1) is 0 Å². The van der Waals surface area contributed by atoms with Crippen LogP contribution in [-0.2, 0) is 0 Å². The number of thioether (sulfide) groups is 1. The monoisotopic (exact) mass is 200 g/mol. The van der Waals surface area contributed by atoms with Gasteiger partial charge in [-0.3, -0.25) is 4.99 Å². The van der Waals surface area contributed by atoms with Crippen molar-refractivity contribution in [3.8, 4) is 0 Å². The van der Waals surface area contributed by atoms with Gasteiger partial charge in [0.15, 0.2) is 5.17 Å². The third-order valence-corrected chi connectivity index (χ3v) is 3.35. The van der Waals surface area contributed by atoms with E-state index in [4.69, 9.17) is 0 Å². The van der Waals surface area contributed by atoms with Crippen molar-refractivity contribution in [2.24, 2.45) is 4.99 Å². The van der Waals surface area contributed by atoms with E-state index in [2.05, 4.69) is 38.0 Å². The van der Waals surface area contributed by atoms with Crippen molar-refractivity contribution in [2.75, 3.05) is 0 Å². The van der Waals surface area contributed by atoms with Gasteiger partial charge in [0.2, 0.25) is 0 Å². The molecule has 3 heteroatoms. The Labute approximate surface area is 85.6 Å². The van der Waals surface area contributed by atoms with Gasteiger partial charge in [-0.05, 0) is 26.7 Å². The number of aliphatic imine (C=N–C) groups is 1. The summed E-state index contributed by atoms with van der Waals surface area (Å²) in [7, 11) is 0. The Morgan fingerprint density at radius 3 is 2.85 bits per heavy atom. The van der Waals surface area contributed by atoms with Crippen molar-refractivity contribution in [3.05, 3.63) is 0 Å². The molecule has 0 bridgehead atoms. The predicted molar refractivity (Wildman–Crippen MR) is 61.5 cm³/mol. The van der Waals surface area contributed by atoms with E-state index in [0.29, 0.717) is 17.3 Å². The van der Waals surface area contributed by atoms with Gasteiger partial charge in [-0.2, -0.15) is 0 Å². The van der Waals surface area contributed by atoms with Crippen molar-refractivity contribution in [1.29, 1.82) is 0 Å². The number of hydrogen-bond acceptors (Lipinski definition) is 3. The second-order valence-electron chi connectivity index (χ2n) is 3.90. The first-order chi connectivity index (χ1) is 6.11. The Balaban J connectivity index is 2.48. The van der Waals surface area contributed by atoms with E-state index in [1.54, 1.807) is 0 Å². The molecule has 0 amide bonds. The van der Waals surface area contributed by atoms with Gasteiger partial charge in [0.1, 0.15) is 0 Å². The van der Waals surface area contributed by atoms with Crippen molar-refractivity contribution < 1.29 is 0 Å². The zero-order valence-corrected chi connectivity index (χ0v) is 9.82. The molecule has 0 aliphatic carbocycles. The molecule has 2 nitrogen and oxygen atoms in total. The second-order valence-corrected chi connectivity index (χ2v) is 5.33. The van der Waals surface area contributed by atoms with Gasteiger partial charge in [0.25, 0.3) is 0 Å². The molecule has 3 unspecified atom stereocenters. The minimum absolute atomic E-state index is 0.489. The molecule has 0 aromatic heterocycles. The van der Waals surface area contributed by atoms with Crippen molar-refractivity contribution in [1.82, 2.24) is 5.32 Å². The van der Waals surface area contributed by atoms with E-state index in [1.165, 1.54) is 6.42 Å². The van der Waals surface area contributed by atoms with Crippen LogP contribution in [0.5, 0.6) is 0 Å². The Bertz CT molecular complexity index is 191. The highest BCUT2D eigenvalue weighted by Crippen LogP contribution is 2.24. The first kappa shape index (κ1) is 10.9. The lowest BCUT2D eigenvalue weighted by atomic mass is 10.2. The number of amidine groups is 1. The van der Waals surface area contributed by atoms with Crippen LogP contribution in [0.3, 0.4) is 0 Å². The highest BCUT2D eigenvalue weighted by atomic mass is 32.2. The summed E-state index contributed by atoms with van der Waals surface area (Å²) in [6, 6.07) is 1.03. The fraction of sp³-hybridized carbons (Fsp3) is 0.900. The lowest BCUT2D eigenvalue weighted by Crippen LogP contribution is -2.34. The van der Waals surface area contributed by atoms with Gasteiger partial charge in [0, 0.05) is 11.3 Å². The topological polar surface area (TPSA) is 24.4 Å². The number of rotatable bonds is 2. The zero-order chi connectivity index (χ0) is 9.84. The van der Waals surface area contributed by atoms with Crippen LogP contribution in [0.4, 0.5) is 0 Å². The summed E-state index contributed by atoms with van der Waals surface area (Å²) < 4.78 is 0. The van der Waals surface area contributed by atoms with E-state index >= 15 is 0 Å². The first-order valence-corrected chi connectivity index (χ1v) is 6.00. The van der Waals surface area contributed by atoms with E-state index in [-0.39, 0.29) is 0 Å². The molecule has 0 fully saturated rings. The van der Waals surface area contributed by atoms with Crippen LogP contribution in [0.2, 0.25) is 0 Å². The van der Waals surface area contributed by atoms with Crippen LogP contribution in [-0.4, -0.2) is 22.5 Å². The predicted octanol–water partition coefficient (Wildman–Crippen LogP) is 2.64. The lowest BCUT2D eigenvalue weighted by Gasteiger charge is -2.24. The second kappa shape index (κ2) is 4.89. The first-order valence-electron chi connectivity index (χ1n) is 5.12. The Morgan fingerprint density at radius 1 is 1.62 bits per heavy atom. The summed E-state index contributed by atoms with van der Waals surface area (Å²) in [4.78, 5) is 4.59. The molecule has 0 spiro atoms. The summed E-state index contributed by atoms with van der Waals surface area (Å²) >= 11 is 1.87. The maximum Gasteiger partial charge on any atom is 0.157 e. The van der Waals surface area contributed by atoms with Crippen LogP contribution < -0.4 is 5.32 Å². The van der Waals surface area contributed by atoms with E-state index in [0.717, 1.165) is 11.6 Å². The van der Waals surface area contributed by atoms with Gasteiger partial charge >= 0.3 is 0 Å². The summed E-state index contributed by atoms with van der Waals surface area (Å²) in [5, 5.41) is 5.29. The molecule has 1 aliphatic rings. The fourth-order valence-electron chi connectivity index (χ4n) is 1.39. The number of hydrogen-bond donors (Lipinski definition) is 1. The standard InChI is InChI=1S/C10H20N2S/c1-5-7(2)11-10-12-8(3)6-9(4)13-10/h7-9H,5-6H2,1-4H3,(H,11,12). The molecule has 0 saturated heterocycles. The number of nitrogens with one attached hydrogen (secondary N) is 1. The average molecular weight is 200 g/mol. The summed E-state index contributed by atoms with van der Waals surface area (Å²) in [6.07, 6.45) is 2.36. The van der Waals surface area contributed by atoms with E-state index < -0.39 is 0 Å². The molecule has 3 atom stereocenters. The average Bonchev–Trinajstić information content (AvgIpc) is 2.02. The van der Waals surface area contributed by atoms with Crippen molar-refractivity contribution in [2.45, 2.75) is 57.9 Å². The maximum absolute atomic E-state index is 4.59. The molecular formula is C10H20N2S. The SMILES string of the molecule is CCC(C)NC1=NC(C)CC(C)S1. The van der Waals surface area contributed by atoms with Crippen LogP contribution in [0, 0.1) is 0 Å². The molecule has 0 aromatic rings. The molecule has 1 rings (SSSR count). The Kier molecular flexibility index (Phi) is 4.10. The molecule has 13 heavy (non-hydrogen) atoms. The fourth-order valence-corrected chi connectivity index (χ4v) is 2.65. The Hall–Kier alpha value is -0.180. The third kappa shape index (κ3) is 3.59. The largest absolute Gasteiger partial charge is 0.362 e. The van der Waals surface area contributed by atoms with Crippen LogP contribution in [0.15, 0.2) is 4.99 Å². The highest BCUT2D eigenvalue weighted by molar-refractivity contribution is 8.14. The molecule has 1 heterocycles. The van der Waals surface area contributed by atoms with Gasteiger partial charge in [-0.1, -0.05) is 25.6 Å². The molecule has 0 aromatic carbocycles. The van der Waals surface area contributed by atoms with Crippen LogP contribution in [0.1, 0.15) is 40.5 Å². The molecule has 0 saturated carbocycles. The van der Waals surface area contributed by atoms with Gasteiger partial charge < -0.3 is 5.32 Å². The molecule has 0 radical (unpaired) electrons. The normalized spacial score (nSPS) is 30.9. The molecular weight excluding hydrogens is 180 g/mol. The third-order valence-electron chi connectivity index (χ3n) is 2.31. The quantitative estimate of drug-likeness (QED) is 0.741. The van der Waals surface area contributed by atoms with E-state index in [9.17, 15) is 0 Å². The smallest absolute Gasteiger partial charge is 0.157 e. The molecule has 1 N–H and O–H groups in total. The lowest BCUT2D eigenvalue weighted by molar-refractivity contribution is 0.621. The molecule has 76 valence electrons. The van der Waals surface area contributed by atoms with Crippen molar-refractivity contribution in [3.63, 3.8) is 0 Å². The van der Waals surface area contributed by atoms with Crippen molar-refractivity contribution >= 4 is 16.9 Å². The minimum atomic E-state index is 0.489. The highest BCUT2D eigenvalue weighted by Gasteiger charge is 2.18. The van der Waals surface area contributed by atoms with Gasteiger partial charge in [-0.25, -0.2) is 0 Å². The maximum atomic E-state index is 4.59. The summed E-state index contributed by atoms with van der Waals surface area (Å²) in [5.41, 5.74) is 0. The van der Waals surface area contributed by atoms with E-state index in [1.807, 2.05) is 11.8 Å². The van der Waals surface area contributed by atoms with Gasteiger partial charge in [0.05, 0.1) is 6.04 Å². The zero-order valence-electron chi connectivity index (χ0n) is 9.00. The van der Waals surface area contributed by atoms with Crippen LogP contribution >= 0.6 is 11.8 Å².